The number of hydrogen-bond donors (Lipinski definition) is 1. The Morgan fingerprint density at radius 3 is 2.69 bits per heavy atom. The van der Waals surface area contributed by atoms with E-state index in [0.717, 1.165) is 41.7 Å². The van der Waals surface area contributed by atoms with Gasteiger partial charge in [0.05, 0.1) is 0 Å². The van der Waals surface area contributed by atoms with Gasteiger partial charge in [-0.15, -0.1) is 0 Å². The van der Waals surface area contributed by atoms with Crippen LogP contribution in [0.3, 0.4) is 0 Å². The van der Waals surface area contributed by atoms with Crippen LogP contribution in [0.5, 0.6) is 0 Å². The zero-order valence-electron chi connectivity index (χ0n) is 7.74. The van der Waals surface area contributed by atoms with E-state index in [9.17, 15) is 0 Å². The summed E-state index contributed by atoms with van der Waals surface area (Å²) in [5, 5.41) is 7.94. The molecule has 1 nitrogen and oxygen atoms in total. The summed E-state index contributed by atoms with van der Waals surface area (Å²) < 4.78 is 0. The predicted octanol–water partition coefficient (Wildman–Crippen LogP) is 2.48. The van der Waals surface area contributed by atoms with Gasteiger partial charge >= 0.3 is 0 Å². The second-order valence-electron chi connectivity index (χ2n) is 5.43. The van der Waals surface area contributed by atoms with Gasteiger partial charge in [-0.05, 0) is 48.9 Å². The standard InChI is InChI=1S/C12H15N/c13-10-5-8-4-9(10)12-7-2-1-6(3-7)11(8)12/h1-2,6-9,11-13H,3-5H2. The SMILES string of the molecule is N=C1CC2CC1C1C3C=CC(C3)C21. The van der Waals surface area contributed by atoms with Crippen molar-refractivity contribution in [2.45, 2.75) is 19.3 Å². The van der Waals surface area contributed by atoms with Gasteiger partial charge < -0.3 is 5.41 Å². The van der Waals surface area contributed by atoms with E-state index >= 15 is 0 Å². The van der Waals surface area contributed by atoms with Gasteiger partial charge in [0.1, 0.15) is 0 Å². The first-order chi connectivity index (χ1) is 6.34. The maximum absolute atomic E-state index is 7.94. The van der Waals surface area contributed by atoms with E-state index in [-0.39, 0.29) is 0 Å². The summed E-state index contributed by atoms with van der Waals surface area (Å²) in [5.74, 6) is 5.29. The second-order valence-corrected chi connectivity index (χ2v) is 5.43. The fraction of sp³-hybridized carbons (Fsp3) is 0.750. The summed E-state index contributed by atoms with van der Waals surface area (Å²) in [7, 11) is 0. The smallest absolute Gasteiger partial charge is 0.0126 e. The Morgan fingerprint density at radius 2 is 1.85 bits per heavy atom. The van der Waals surface area contributed by atoms with E-state index in [2.05, 4.69) is 12.2 Å². The Labute approximate surface area is 78.7 Å². The second kappa shape index (κ2) is 1.92. The number of fused-ring (bicyclic) bond motifs is 9. The van der Waals surface area contributed by atoms with Crippen molar-refractivity contribution in [3.8, 4) is 0 Å². The van der Waals surface area contributed by atoms with E-state index in [4.69, 9.17) is 5.41 Å². The molecule has 4 aliphatic rings. The van der Waals surface area contributed by atoms with Gasteiger partial charge in [0.15, 0.2) is 0 Å². The molecule has 0 aliphatic heterocycles. The van der Waals surface area contributed by atoms with Crippen molar-refractivity contribution in [3.05, 3.63) is 12.2 Å². The normalized spacial score (nSPS) is 60.8. The average molecular weight is 173 g/mol. The molecule has 1 heteroatoms. The van der Waals surface area contributed by atoms with Crippen LogP contribution in [0.4, 0.5) is 0 Å². The molecule has 1 N–H and O–H groups in total. The van der Waals surface area contributed by atoms with Crippen LogP contribution in [0, 0.1) is 40.9 Å². The molecule has 0 saturated heterocycles. The quantitative estimate of drug-likeness (QED) is 0.430. The maximum atomic E-state index is 7.94. The van der Waals surface area contributed by atoms with Crippen LogP contribution >= 0.6 is 0 Å². The molecular formula is C12H15N. The van der Waals surface area contributed by atoms with Gasteiger partial charge in [-0.2, -0.15) is 0 Å². The highest BCUT2D eigenvalue weighted by molar-refractivity contribution is 5.87. The highest BCUT2D eigenvalue weighted by Gasteiger charge is 2.59. The maximum Gasteiger partial charge on any atom is 0.0126 e. The Kier molecular flexibility index (Phi) is 1.00. The van der Waals surface area contributed by atoms with Gasteiger partial charge in [-0.3, -0.25) is 0 Å². The lowest BCUT2D eigenvalue weighted by Crippen LogP contribution is -2.30. The van der Waals surface area contributed by atoms with Crippen molar-refractivity contribution < 1.29 is 0 Å². The third-order valence-electron chi connectivity index (χ3n) is 5.08. The summed E-state index contributed by atoms with van der Waals surface area (Å²) in [6, 6.07) is 0. The van der Waals surface area contributed by atoms with Crippen LogP contribution in [0.15, 0.2) is 12.2 Å². The first kappa shape index (κ1) is 6.80. The van der Waals surface area contributed by atoms with Gasteiger partial charge in [0, 0.05) is 11.6 Å². The molecule has 0 spiro atoms. The van der Waals surface area contributed by atoms with Crippen LogP contribution in [0.2, 0.25) is 0 Å². The minimum Gasteiger partial charge on any atom is -0.309 e. The van der Waals surface area contributed by atoms with Gasteiger partial charge in [0.2, 0.25) is 0 Å². The fourth-order valence-electron chi connectivity index (χ4n) is 4.80. The van der Waals surface area contributed by atoms with Crippen molar-refractivity contribution in [3.63, 3.8) is 0 Å². The molecule has 4 bridgehead atoms. The number of nitrogens with one attached hydrogen (secondary N) is 1. The monoisotopic (exact) mass is 173 g/mol. The zero-order chi connectivity index (χ0) is 8.58. The molecule has 0 aromatic rings. The number of allylic oxidation sites excluding steroid dienone is 2. The van der Waals surface area contributed by atoms with Crippen LogP contribution in [0.1, 0.15) is 19.3 Å². The van der Waals surface area contributed by atoms with Crippen molar-refractivity contribution in [1.82, 2.24) is 0 Å². The van der Waals surface area contributed by atoms with Crippen molar-refractivity contribution in [2.24, 2.45) is 35.5 Å². The van der Waals surface area contributed by atoms with Crippen molar-refractivity contribution in [2.75, 3.05) is 0 Å². The predicted molar refractivity (Wildman–Crippen MR) is 51.7 cm³/mol. The Balaban J connectivity index is 1.82. The molecule has 3 saturated carbocycles. The van der Waals surface area contributed by atoms with Gasteiger partial charge in [-0.25, -0.2) is 0 Å². The molecule has 0 radical (unpaired) electrons. The molecule has 13 heavy (non-hydrogen) atoms. The fourth-order valence-corrected chi connectivity index (χ4v) is 4.80. The number of hydrogen-bond acceptors (Lipinski definition) is 1. The molecule has 0 heterocycles. The molecule has 0 amide bonds. The van der Waals surface area contributed by atoms with Crippen LogP contribution < -0.4 is 0 Å². The van der Waals surface area contributed by atoms with E-state index in [1.54, 1.807) is 0 Å². The van der Waals surface area contributed by atoms with Crippen LogP contribution in [-0.2, 0) is 0 Å². The van der Waals surface area contributed by atoms with Gasteiger partial charge in [0.25, 0.3) is 0 Å². The summed E-state index contributed by atoms with van der Waals surface area (Å²) in [6.45, 7) is 0. The summed E-state index contributed by atoms with van der Waals surface area (Å²) in [6.07, 6.45) is 8.84. The Hall–Kier alpha value is -0.590. The van der Waals surface area contributed by atoms with Crippen LogP contribution in [0.25, 0.3) is 0 Å². The third kappa shape index (κ3) is 0.619. The number of rotatable bonds is 0. The molecule has 6 atom stereocenters. The molecule has 3 fully saturated rings. The Morgan fingerprint density at radius 1 is 1.08 bits per heavy atom. The van der Waals surface area contributed by atoms with Crippen molar-refractivity contribution >= 4 is 5.71 Å². The lowest BCUT2D eigenvalue weighted by molar-refractivity contribution is 0.266. The summed E-state index contributed by atoms with van der Waals surface area (Å²) in [5.41, 5.74) is 1.09. The topological polar surface area (TPSA) is 23.9 Å². The molecule has 68 valence electrons. The molecular weight excluding hydrogens is 158 g/mol. The van der Waals surface area contributed by atoms with E-state index in [0.29, 0.717) is 5.92 Å². The van der Waals surface area contributed by atoms with E-state index in [1.165, 1.54) is 12.8 Å². The largest absolute Gasteiger partial charge is 0.309 e. The molecule has 0 aromatic carbocycles. The van der Waals surface area contributed by atoms with E-state index < -0.39 is 0 Å². The first-order valence-electron chi connectivity index (χ1n) is 5.60. The molecule has 0 aromatic heterocycles. The average Bonchev–Trinajstić information content (AvgIpc) is 2.78. The first-order valence-corrected chi connectivity index (χ1v) is 5.60. The van der Waals surface area contributed by atoms with Crippen LogP contribution in [-0.4, -0.2) is 5.71 Å². The Bertz CT molecular complexity index is 317. The summed E-state index contributed by atoms with van der Waals surface area (Å²) >= 11 is 0. The summed E-state index contributed by atoms with van der Waals surface area (Å²) in [4.78, 5) is 0. The van der Waals surface area contributed by atoms with E-state index in [1.807, 2.05) is 0 Å². The molecule has 6 unspecified atom stereocenters. The molecule has 4 rings (SSSR count). The molecule has 4 aliphatic carbocycles. The highest BCUT2D eigenvalue weighted by Crippen LogP contribution is 2.64. The lowest BCUT2D eigenvalue weighted by Gasteiger charge is -2.32. The highest BCUT2D eigenvalue weighted by atomic mass is 14.7. The third-order valence-corrected chi connectivity index (χ3v) is 5.08. The minimum atomic E-state index is 0.704. The minimum absolute atomic E-state index is 0.704. The van der Waals surface area contributed by atoms with Gasteiger partial charge in [-0.1, -0.05) is 12.2 Å². The van der Waals surface area contributed by atoms with Crippen molar-refractivity contribution in [1.29, 1.82) is 5.41 Å². The lowest BCUT2D eigenvalue weighted by atomic mass is 9.73. The zero-order valence-corrected chi connectivity index (χ0v) is 7.74.